The molecule has 22 heavy (non-hydrogen) atoms. The maximum absolute atomic E-state index is 13.1. The molecule has 1 aliphatic heterocycles. The van der Waals surface area contributed by atoms with Crippen molar-refractivity contribution in [3.8, 4) is 0 Å². The van der Waals surface area contributed by atoms with Gasteiger partial charge >= 0.3 is 0 Å². The molecule has 0 aromatic heterocycles. The van der Waals surface area contributed by atoms with Crippen molar-refractivity contribution in [2.24, 2.45) is 5.41 Å². The number of hydrogen-bond donors (Lipinski definition) is 0. The Bertz CT molecular complexity index is 496. The molecule has 0 bridgehead atoms. The molecular formula is C20H29NO. The van der Waals surface area contributed by atoms with Crippen molar-refractivity contribution in [2.75, 3.05) is 13.1 Å². The highest BCUT2D eigenvalue weighted by atomic mass is 16.2. The smallest absolute Gasteiger partial charge is 0.229 e. The Morgan fingerprint density at radius 1 is 1.09 bits per heavy atom. The fraction of sp³-hybridized carbons (Fsp3) is 0.550. The lowest BCUT2D eigenvalue weighted by molar-refractivity contribution is -0.143. The number of rotatable bonds is 6. The molecule has 2 rings (SSSR count). The van der Waals surface area contributed by atoms with E-state index in [9.17, 15) is 4.79 Å². The van der Waals surface area contributed by atoms with E-state index >= 15 is 0 Å². The Hall–Kier alpha value is -1.57. The minimum absolute atomic E-state index is 0.287. The van der Waals surface area contributed by atoms with Crippen molar-refractivity contribution in [2.45, 2.75) is 52.4 Å². The van der Waals surface area contributed by atoms with Crippen molar-refractivity contribution < 1.29 is 4.79 Å². The highest BCUT2D eigenvalue weighted by Gasteiger charge is 2.38. The summed E-state index contributed by atoms with van der Waals surface area (Å²) in [4.78, 5) is 15.2. The monoisotopic (exact) mass is 299 g/mol. The molecule has 1 aromatic carbocycles. The molecule has 2 heteroatoms. The maximum atomic E-state index is 13.1. The Balaban J connectivity index is 2.16. The van der Waals surface area contributed by atoms with E-state index in [0.717, 1.165) is 56.3 Å². The Labute approximate surface area is 135 Å². The lowest BCUT2D eigenvalue weighted by atomic mass is 9.74. The van der Waals surface area contributed by atoms with Gasteiger partial charge in [0, 0.05) is 13.1 Å². The van der Waals surface area contributed by atoms with Gasteiger partial charge in [-0.25, -0.2) is 0 Å². The molecule has 0 N–H and O–H groups in total. The molecule has 2 nitrogen and oxygen atoms in total. The first-order valence-corrected chi connectivity index (χ1v) is 8.65. The van der Waals surface area contributed by atoms with E-state index in [2.05, 4.69) is 37.5 Å². The zero-order valence-corrected chi connectivity index (χ0v) is 14.1. The highest BCUT2D eigenvalue weighted by molar-refractivity contribution is 5.85. The molecule has 0 atom stereocenters. The van der Waals surface area contributed by atoms with Crippen LogP contribution in [-0.4, -0.2) is 23.9 Å². The normalized spacial score (nSPS) is 15.6. The molecule has 1 aliphatic rings. The molecular weight excluding hydrogens is 270 g/mol. The van der Waals surface area contributed by atoms with Gasteiger partial charge in [-0.3, -0.25) is 4.79 Å². The summed E-state index contributed by atoms with van der Waals surface area (Å²) in [5.41, 5.74) is 1.94. The molecule has 1 aromatic rings. The van der Waals surface area contributed by atoms with Crippen LogP contribution in [0.4, 0.5) is 0 Å². The molecule has 120 valence electrons. The number of allylic oxidation sites excluding steroid dienone is 1. The van der Waals surface area contributed by atoms with Crippen LogP contribution >= 0.6 is 0 Å². The molecule has 0 saturated carbocycles. The average molecular weight is 299 g/mol. The van der Waals surface area contributed by atoms with Gasteiger partial charge in [-0.05, 0) is 49.7 Å². The van der Waals surface area contributed by atoms with Gasteiger partial charge in [-0.1, -0.05) is 50.8 Å². The Morgan fingerprint density at radius 3 is 2.23 bits per heavy atom. The van der Waals surface area contributed by atoms with Gasteiger partial charge in [0.1, 0.15) is 0 Å². The van der Waals surface area contributed by atoms with Crippen molar-refractivity contribution >= 4 is 11.5 Å². The second-order valence-electron chi connectivity index (χ2n) is 6.49. The molecule has 1 fully saturated rings. The summed E-state index contributed by atoms with van der Waals surface area (Å²) in [5, 5.41) is 0. The maximum Gasteiger partial charge on any atom is 0.229 e. The molecule has 1 heterocycles. The summed E-state index contributed by atoms with van der Waals surface area (Å²) < 4.78 is 0. The van der Waals surface area contributed by atoms with Crippen LogP contribution < -0.4 is 0 Å². The third kappa shape index (κ3) is 3.60. The number of hydrogen-bond acceptors (Lipinski definition) is 1. The first-order chi connectivity index (χ1) is 10.6. The van der Waals surface area contributed by atoms with E-state index in [1.54, 1.807) is 0 Å². The van der Waals surface area contributed by atoms with Crippen molar-refractivity contribution in [3.63, 3.8) is 0 Å². The lowest BCUT2D eigenvalue weighted by Gasteiger charge is -2.38. The van der Waals surface area contributed by atoms with Crippen molar-refractivity contribution in [1.29, 1.82) is 0 Å². The molecule has 0 aliphatic carbocycles. The number of amides is 1. The fourth-order valence-corrected chi connectivity index (χ4v) is 3.49. The largest absolute Gasteiger partial charge is 0.342 e. The molecule has 0 spiro atoms. The summed E-state index contributed by atoms with van der Waals surface area (Å²) in [6.07, 6.45) is 6.07. The second kappa shape index (κ2) is 7.62. The minimum Gasteiger partial charge on any atom is -0.342 e. The molecule has 1 amide bonds. The van der Waals surface area contributed by atoms with Crippen LogP contribution in [0.3, 0.4) is 0 Å². The zero-order chi connectivity index (χ0) is 16.0. The minimum atomic E-state index is -0.287. The average Bonchev–Trinajstić information content (AvgIpc) is 2.60. The predicted octanol–water partition coefficient (Wildman–Crippen LogP) is 4.91. The topological polar surface area (TPSA) is 20.3 Å². The van der Waals surface area contributed by atoms with E-state index in [0.29, 0.717) is 5.91 Å². The fourth-order valence-electron chi connectivity index (χ4n) is 3.49. The molecule has 0 radical (unpaired) electrons. The van der Waals surface area contributed by atoms with E-state index in [-0.39, 0.29) is 5.41 Å². The number of likely N-dealkylation sites (tertiary alicyclic amines) is 1. The van der Waals surface area contributed by atoms with Crippen molar-refractivity contribution in [3.05, 3.63) is 42.5 Å². The highest BCUT2D eigenvalue weighted by Crippen LogP contribution is 2.39. The first-order valence-electron chi connectivity index (χ1n) is 8.65. The van der Waals surface area contributed by atoms with Gasteiger partial charge in [0.05, 0.1) is 5.41 Å². The summed E-state index contributed by atoms with van der Waals surface area (Å²) in [6, 6.07) is 10.3. The van der Waals surface area contributed by atoms with Crippen molar-refractivity contribution in [1.82, 2.24) is 4.90 Å². The van der Waals surface area contributed by atoms with Gasteiger partial charge < -0.3 is 4.90 Å². The van der Waals surface area contributed by atoms with Gasteiger partial charge in [0.2, 0.25) is 5.91 Å². The Kier molecular flexibility index (Phi) is 5.82. The van der Waals surface area contributed by atoms with Gasteiger partial charge in [-0.2, -0.15) is 0 Å². The first kappa shape index (κ1) is 16.8. The number of nitrogens with zero attached hydrogens (tertiary/aromatic N) is 1. The second-order valence-corrected chi connectivity index (χ2v) is 6.49. The SMILES string of the molecule is C=C(CC(CC)(CC)C(=O)N1CCCCC1)c1ccccc1. The zero-order valence-electron chi connectivity index (χ0n) is 14.1. The van der Waals surface area contributed by atoms with Gasteiger partial charge in [0.15, 0.2) is 0 Å². The third-order valence-corrected chi connectivity index (χ3v) is 5.18. The summed E-state index contributed by atoms with van der Waals surface area (Å²) in [6.45, 7) is 10.4. The van der Waals surface area contributed by atoms with E-state index in [4.69, 9.17) is 0 Å². The lowest BCUT2D eigenvalue weighted by Crippen LogP contribution is -2.46. The number of benzene rings is 1. The van der Waals surface area contributed by atoms with Gasteiger partial charge in [0.25, 0.3) is 0 Å². The van der Waals surface area contributed by atoms with Crippen LogP contribution in [0.5, 0.6) is 0 Å². The number of carbonyl (C=O) groups excluding carboxylic acids is 1. The number of carbonyl (C=O) groups is 1. The molecule has 1 saturated heterocycles. The van der Waals surface area contributed by atoms with Gasteiger partial charge in [-0.15, -0.1) is 0 Å². The van der Waals surface area contributed by atoms with Crippen LogP contribution in [0.2, 0.25) is 0 Å². The van der Waals surface area contributed by atoms with Crippen LogP contribution in [0, 0.1) is 5.41 Å². The van der Waals surface area contributed by atoms with E-state index in [1.807, 2.05) is 18.2 Å². The van der Waals surface area contributed by atoms with Crippen LogP contribution in [0.15, 0.2) is 36.9 Å². The summed E-state index contributed by atoms with van der Waals surface area (Å²) >= 11 is 0. The van der Waals surface area contributed by atoms with E-state index < -0.39 is 0 Å². The van der Waals surface area contributed by atoms with E-state index in [1.165, 1.54) is 6.42 Å². The Morgan fingerprint density at radius 2 is 1.68 bits per heavy atom. The summed E-state index contributed by atoms with van der Waals surface area (Å²) in [7, 11) is 0. The summed E-state index contributed by atoms with van der Waals surface area (Å²) in [5.74, 6) is 0.342. The third-order valence-electron chi connectivity index (χ3n) is 5.18. The van der Waals surface area contributed by atoms with Crippen LogP contribution in [-0.2, 0) is 4.79 Å². The van der Waals surface area contributed by atoms with Crippen LogP contribution in [0.1, 0.15) is 57.9 Å². The quantitative estimate of drug-likeness (QED) is 0.731. The molecule has 0 unspecified atom stereocenters. The predicted molar refractivity (Wildman–Crippen MR) is 93.5 cm³/mol. The van der Waals surface area contributed by atoms with Crippen LogP contribution in [0.25, 0.3) is 5.57 Å². The standard InChI is InChI=1S/C20H29NO/c1-4-20(5-2,19(22)21-14-10-7-11-15-21)16-17(3)18-12-8-6-9-13-18/h6,8-9,12-13H,3-5,7,10-11,14-16H2,1-2H3. The number of piperidine rings is 1.